The minimum Gasteiger partial charge on any atom is -0.479 e. The molecule has 106 valence electrons. The van der Waals surface area contributed by atoms with Crippen LogP contribution in [0.2, 0.25) is 5.02 Å². The summed E-state index contributed by atoms with van der Waals surface area (Å²) in [5, 5.41) is 0.0696. The quantitative estimate of drug-likeness (QED) is 0.795. The maximum Gasteiger partial charge on any atom is 0.262 e. The van der Waals surface area contributed by atoms with Crippen LogP contribution in [0, 0.1) is 0 Å². The summed E-state index contributed by atoms with van der Waals surface area (Å²) in [6.45, 7) is 1.57. The van der Waals surface area contributed by atoms with Gasteiger partial charge in [-0.1, -0.05) is 11.6 Å². The Labute approximate surface area is 121 Å². The fraction of sp³-hybridized carbons (Fsp3) is 0.364. The second-order valence-electron chi connectivity index (χ2n) is 4.02. The van der Waals surface area contributed by atoms with Crippen LogP contribution in [0.4, 0.5) is 0 Å². The highest BCUT2D eigenvalue weighted by Gasteiger charge is 2.19. The van der Waals surface area contributed by atoms with Gasteiger partial charge in [0.05, 0.1) is 9.92 Å². The van der Waals surface area contributed by atoms with Crippen molar-refractivity contribution in [2.75, 3.05) is 14.1 Å². The first-order valence-corrected chi connectivity index (χ1v) is 7.93. The van der Waals surface area contributed by atoms with Crippen molar-refractivity contribution < 1.29 is 17.9 Å². The van der Waals surface area contributed by atoms with Crippen molar-refractivity contribution in [3.05, 3.63) is 23.2 Å². The van der Waals surface area contributed by atoms with Crippen LogP contribution in [-0.2, 0) is 13.8 Å². The van der Waals surface area contributed by atoms with Crippen LogP contribution >= 0.6 is 22.3 Å². The fourth-order valence-electron chi connectivity index (χ4n) is 1.33. The maximum atomic E-state index is 11.6. The SMILES string of the molecule is CC(Oc1ccc(S(=O)(=O)Cl)cc1Cl)C(=O)N(C)C. The molecule has 1 amide bonds. The van der Waals surface area contributed by atoms with Crippen molar-refractivity contribution in [3.8, 4) is 5.75 Å². The van der Waals surface area contributed by atoms with E-state index in [9.17, 15) is 13.2 Å². The molecule has 5 nitrogen and oxygen atoms in total. The Morgan fingerprint density at radius 2 is 1.95 bits per heavy atom. The first-order chi connectivity index (χ1) is 8.62. The number of halogens is 2. The van der Waals surface area contributed by atoms with E-state index in [-0.39, 0.29) is 21.6 Å². The topological polar surface area (TPSA) is 63.7 Å². The van der Waals surface area contributed by atoms with Crippen molar-refractivity contribution >= 4 is 37.2 Å². The average Bonchev–Trinajstić information content (AvgIpc) is 2.29. The van der Waals surface area contributed by atoms with Crippen LogP contribution in [0.3, 0.4) is 0 Å². The smallest absolute Gasteiger partial charge is 0.262 e. The normalized spacial score (nSPS) is 12.9. The zero-order valence-corrected chi connectivity index (χ0v) is 12.9. The lowest BCUT2D eigenvalue weighted by Gasteiger charge is -2.19. The lowest BCUT2D eigenvalue weighted by molar-refractivity contribution is -0.135. The molecule has 8 heteroatoms. The summed E-state index contributed by atoms with van der Waals surface area (Å²) in [5.41, 5.74) is 0. The van der Waals surface area contributed by atoms with Gasteiger partial charge in [-0.15, -0.1) is 0 Å². The standard InChI is InChI=1S/C11H13Cl2NO4S/c1-7(11(15)14(2)3)18-10-5-4-8(6-9(10)12)19(13,16)17/h4-7H,1-3H3. The van der Waals surface area contributed by atoms with Crippen LogP contribution < -0.4 is 4.74 Å². The molecule has 19 heavy (non-hydrogen) atoms. The summed E-state index contributed by atoms with van der Waals surface area (Å²) in [5.74, 6) is -0.0152. The van der Waals surface area contributed by atoms with Gasteiger partial charge in [-0.25, -0.2) is 8.42 Å². The van der Waals surface area contributed by atoms with Gasteiger partial charge >= 0.3 is 0 Å². The summed E-state index contributed by atoms with van der Waals surface area (Å²) in [4.78, 5) is 12.9. The number of hydrogen-bond donors (Lipinski definition) is 0. The number of nitrogens with zero attached hydrogens (tertiary/aromatic N) is 1. The van der Waals surface area contributed by atoms with E-state index in [1.54, 1.807) is 21.0 Å². The van der Waals surface area contributed by atoms with E-state index in [0.717, 1.165) is 0 Å². The van der Waals surface area contributed by atoms with Crippen molar-refractivity contribution in [1.29, 1.82) is 0 Å². The molecule has 0 aliphatic heterocycles. The van der Waals surface area contributed by atoms with Gasteiger partial charge < -0.3 is 9.64 Å². The molecule has 1 atom stereocenters. The predicted molar refractivity (Wildman–Crippen MR) is 73.3 cm³/mol. The summed E-state index contributed by atoms with van der Waals surface area (Å²) >= 11 is 5.89. The van der Waals surface area contributed by atoms with E-state index in [1.807, 2.05) is 0 Å². The van der Waals surface area contributed by atoms with Crippen LogP contribution in [0.5, 0.6) is 5.75 Å². The Morgan fingerprint density at radius 3 is 2.37 bits per heavy atom. The number of carbonyl (C=O) groups is 1. The lowest BCUT2D eigenvalue weighted by atomic mass is 10.3. The molecule has 0 aliphatic carbocycles. The summed E-state index contributed by atoms with van der Waals surface area (Å²) in [6.07, 6.45) is -0.731. The zero-order valence-electron chi connectivity index (χ0n) is 10.6. The Kier molecular flexibility index (Phi) is 5.06. The Bertz CT molecular complexity index is 586. The fourth-order valence-corrected chi connectivity index (χ4v) is 2.40. The minimum absolute atomic E-state index is 0.0696. The van der Waals surface area contributed by atoms with Gasteiger partial charge in [0.25, 0.3) is 15.0 Å². The van der Waals surface area contributed by atoms with Crippen molar-refractivity contribution in [3.63, 3.8) is 0 Å². The lowest BCUT2D eigenvalue weighted by Crippen LogP contribution is -2.35. The third kappa shape index (κ3) is 4.26. The van der Waals surface area contributed by atoms with E-state index in [2.05, 4.69) is 0 Å². The average molecular weight is 326 g/mol. The van der Waals surface area contributed by atoms with Crippen LogP contribution in [0.1, 0.15) is 6.92 Å². The minimum atomic E-state index is -3.84. The predicted octanol–water partition coefficient (Wildman–Crippen LogP) is 2.12. The molecular weight excluding hydrogens is 313 g/mol. The number of amides is 1. The highest BCUT2D eigenvalue weighted by Crippen LogP contribution is 2.29. The van der Waals surface area contributed by atoms with Gasteiger partial charge in [0.2, 0.25) is 0 Å². The molecule has 0 heterocycles. The molecule has 0 bridgehead atoms. The zero-order chi connectivity index (χ0) is 14.8. The monoisotopic (exact) mass is 325 g/mol. The maximum absolute atomic E-state index is 11.6. The number of benzene rings is 1. The molecule has 0 spiro atoms. The van der Waals surface area contributed by atoms with Gasteiger partial charge in [0.1, 0.15) is 5.75 Å². The van der Waals surface area contributed by atoms with Gasteiger partial charge in [-0.3, -0.25) is 4.79 Å². The summed E-state index contributed by atoms with van der Waals surface area (Å²) in [7, 11) is 4.56. The van der Waals surface area contributed by atoms with Crippen LogP contribution in [0.15, 0.2) is 23.1 Å². The summed E-state index contributed by atoms with van der Waals surface area (Å²) in [6, 6.07) is 3.79. The van der Waals surface area contributed by atoms with E-state index < -0.39 is 15.2 Å². The van der Waals surface area contributed by atoms with E-state index in [1.165, 1.54) is 23.1 Å². The number of rotatable bonds is 4. The highest BCUT2D eigenvalue weighted by molar-refractivity contribution is 8.13. The first-order valence-electron chi connectivity index (χ1n) is 5.25. The molecule has 1 aromatic rings. The third-order valence-electron chi connectivity index (χ3n) is 2.28. The largest absolute Gasteiger partial charge is 0.479 e. The molecule has 0 aliphatic rings. The molecule has 0 saturated heterocycles. The van der Waals surface area contributed by atoms with E-state index in [0.29, 0.717) is 0 Å². The number of carbonyl (C=O) groups excluding carboxylic acids is 1. The number of ether oxygens (including phenoxy) is 1. The molecule has 1 unspecified atom stereocenters. The molecule has 0 fully saturated rings. The highest BCUT2D eigenvalue weighted by atomic mass is 35.7. The van der Waals surface area contributed by atoms with Gasteiger partial charge in [0, 0.05) is 24.8 Å². The summed E-state index contributed by atoms with van der Waals surface area (Å²) < 4.78 is 27.6. The van der Waals surface area contributed by atoms with Gasteiger partial charge in [-0.05, 0) is 25.1 Å². The molecule has 0 N–H and O–H groups in total. The Morgan fingerprint density at radius 1 is 1.37 bits per heavy atom. The number of likely N-dealkylation sites (N-methyl/N-ethyl adjacent to an activating group) is 1. The van der Waals surface area contributed by atoms with Crippen molar-refractivity contribution in [1.82, 2.24) is 4.90 Å². The van der Waals surface area contributed by atoms with E-state index >= 15 is 0 Å². The molecule has 1 aromatic carbocycles. The van der Waals surface area contributed by atoms with Crippen molar-refractivity contribution in [2.24, 2.45) is 0 Å². The molecular formula is C11H13Cl2NO4S. The molecule has 0 radical (unpaired) electrons. The van der Waals surface area contributed by atoms with Gasteiger partial charge in [0.15, 0.2) is 6.10 Å². The Hall–Kier alpha value is -0.980. The molecule has 0 aromatic heterocycles. The molecule has 1 rings (SSSR count). The third-order valence-corrected chi connectivity index (χ3v) is 3.92. The second-order valence-corrected chi connectivity index (χ2v) is 7.00. The second kappa shape index (κ2) is 5.98. The number of hydrogen-bond acceptors (Lipinski definition) is 4. The Balaban J connectivity index is 2.96. The van der Waals surface area contributed by atoms with E-state index in [4.69, 9.17) is 27.0 Å². The first kappa shape index (κ1) is 16.1. The van der Waals surface area contributed by atoms with Gasteiger partial charge in [-0.2, -0.15) is 0 Å². The van der Waals surface area contributed by atoms with Crippen LogP contribution in [-0.4, -0.2) is 39.4 Å². The van der Waals surface area contributed by atoms with Crippen LogP contribution in [0.25, 0.3) is 0 Å². The van der Waals surface area contributed by atoms with Crippen molar-refractivity contribution in [2.45, 2.75) is 17.9 Å². The molecule has 0 saturated carbocycles.